The van der Waals surface area contributed by atoms with E-state index in [1.165, 1.54) is 30.3 Å². The van der Waals surface area contributed by atoms with Crippen molar-refractivity contribution in [3.05, 3.63) is 107 Å². The van der Waals surface area contributed by atoms with E-state index in [9.17, 15) is 29.4 Å². The van der Waals surface area contributed by atoms with Crippen LogP contribution in [0.25, 0.3) is 10.9 Å². The molecule has 8 nitrogen and oxygen atoms in total. The summed E-state index contributed by atoms with van der Waals surface area (Å²) in [4.78, 5) is 53.0. The van der Waals surface area contributed by atoms with Crippen molar-refractivity contribution in [3.8, 4) is 0 Å². The Kier molecular flexibility index (Phi) is 6.13. The van der Waals surface area contributed by atoms with Crippen LogP contribution in [-0.4, -0.2) is 38.8 Å². The number of amides is 1. The quantitative estimate of drug-likeness (QED) is 0.354. The van der Waals surface area contributed by atoms with Gasteiger partial charge in [-0.1, -0.05) is 48.5 Å². The minimum Gasteiger partial charge on any atom is -0.478 e. The van der Waals surface area contributed by atoms with E-state index in [1.807, 2.05) is 0 Å². The molecule has 4 rings (SSSR count). The van der Waals surface area contributed by atoms with E-state index >= 15 is 0 Å². The molecule has 34 heavy (non-hydrogen) atoms. The van der Waals surface area contributed by atoms with Crippen LogP contribution in [0.15, 0.2) is 78.9 Å². The van der Waals surface area contributed by atoms with Crippen molar-refractivity contribution in [1.29, 1.82) is 0 Å². The molecular weight excluding hydrogens is 436 g/mol. The Balaban J connectivity index is 1.65. The molecule has 3 aromatic carbocycles. The second-order valence-corrected chi connectivity index (χ2v) is 7.44. The van der Waals surface area contributed by atoms with E-state index in [4.69, 9.17) is 0 Å². The average molecular weight is 454 g/mol. The summed E-state index contributed by atoms with van der Waals surface area (Å²) in [5.41, 5.74) is 1.04. The van der Waals surface area contributed by atoms with Crippen molar-refractivity contribution in [2.24, 2.45) is 0 Å². The number of hydrogen-bond acceptors (Lipinski definition) is 5. The maximum Gasteiger partial charge on any atom is 0.336 e. The van der Waals surface area contributed by atoms with Gasteiger partial charge in [-0.3, -0.25) is 14.6 Å². The number of fused-ring (bicyclic) bond motifs is 1. The number of anilines is 1. The normalized spacial score (nSPS) is 10.6. The monoisotopic (exact) mass is 454 g/mol. The number of carbonyl (C=O) groups is 4. The molecule has 0 aliphatic carbocycles. The van der Waals surface area contributed by atoms with Crippen LogP contribution in [0.5, 0.6) is 0 Å². The summed E-state index contributed by atoms with van der Waals surface area (Å²) >= 11 is 0. The fraction of sp³-hybridized carbons (Fsp3) is 0.0385. The second kappa shape index (κ2) is 9.33. The fourth-order valence-corrected chi connectivity index (χ4v) is 3.62. The van der Waals surface area contributed by atoms with Crippen molar-refractivity contribution >= 4 is 40.2 Å². The molecule has 0 saturated carbocycles. The van der Waals surface area contributed by atoms with Crippen LogP contribution in [-0.2, 0) is 6.42 Å². The smallest absolute Gasteiger partial charge is 0.336 e. The van der Waals surface area contributed by atoms with E-state index < -0.39 is 23.6 Å². The van der Waals surface area contributed by atoms with Gasteiger partial charge >= 0.3 is 11.9 Å². The number of carboxylic acid groups (broad SMARTS) is 2. The predicted molar refractivity (Wildman–Crippen MR) is 125 cm³/mol. The fourth-order valence-electron chi connectivity index (χ4n) is 3.62. The number of aromatic nitrogens is 1. The van der Waals surface area contributed by atoms with E-state index in [2.05, 4.69) is 10.3 Å². The highest BCUT2D eigenvalue weighted by molar-refractivity contribution is 6.13. The molecule has 0 unspecified atom stereocenters. The molecule has 168 valence electrons. The first kappa shape index (κ1) is 22.3. The van der Waals surface area contributed by atoms with Gasteiger partial charge in [0.05, 0.1) is 34.3 Å². The highest BCUT2D eigenvalue weighted by atomic mass is 16.4. The molecule has 0 aliphatic heterocycles. The van der Waals surface area contributed by atoms with Crippen molar-refractivity contribution in [1.82, 2.24) is 4.98 Å². The molecule has 0 fully saturated rings. The van der Waals surface area contributed by atoms with Crippen molar-refractivity contribution in [2.45, 2.75) is 6.42 Å². The van der Waals surface area contributed by atoms with Gasteiger partial charge in [0, 0.05) is 16.6 Å². The number of para-hydroxylation sites is 1. The number of pyridine rings is 1. The summed E-state index contributed by atoms with van der Waals surface area (Å²) < 4.78 is 0. The lowest BCUT2D eigenvalue weighted by Gasteiger charge is -2.11. The number of nitrogens with one attached hydrogen (secondary N) is 1. The van der Waals surface area contributed by atoms with Crippen LogP contribution in [0, 0.1) is 0 Å². The van der Waals surface area contributed by atoms with Crippen molar-refractivity contribution < 1.29 is 29.4 Å². The van der Waals surface area contributed by atoms with Crippen molar-refractivity contribution in [2.75, 3.05) is 5.32 Å². The Morgan fingerprint density at radius 1 is 0.676 bits per heavy atom. The van der Waals surface area contributed by atoms with Crippen LogP contribution < -0.4 is 5.32 Å². The number of rotatable bonds is 7. The first-order valence-electron chi connectivity index (χ1n) is 10.2. The van der Waals surface area contributed by atoms with Crippen LogP contribution in [0.2, 0.25) is 0 Å². The molecule has 0 bridgehead atoms. The summed E-state index contributed by atoms with van der Waals surface area (Å²) in [7, 11) is 0. The van der Waals surface area contributed by atoms with Gasteiger partial charge in [0.2, 0.25) is 0 Å². The Morgan fingerprint density at radius 3 is 1.91 bits per heavy atom. The zero-order valence-corrected chi connectivity index (χ0v) is 17.7. The Hall–Kier alpha value is -4.85. The van der Waals surface area contributed by atoms with Crippen LogP contribution >= 0.6 is 0 Å². The maximum absolute atomic E-state index is 12.8. The van der Waals surface area contributed by atoms with Gasteiger partial charge in [-0.2, -0.15) is 0 Å². The predicted octanol–water partition coefficient (Wildman–Crippen LogP) is 4.31. The van der Waals surface area contributed by atoms with Gasteiger partial charge in [-0.25, -0.2) is 9.59 Å². The molecular formula is C26H18N2O6. The number of benzene rings is 3. The molecule has 0 atom stereocenters. The summed E-state index contributed by atoms with van der Waals surface area (Å²) in [6, 6.07) is 20.4. The number of nitrogens with zero attached hydrogens (tertiary/aromatic N) is 1. The topological polar surface area (TPSA) is 134 Å². The standard InChI is InChI=1S/C26H18N2O6/c29-22(17-7-1-3-9-19(17)25(31)32)14-16-13-12-15-6-5-11-21(23(15)27-16)28-24(30)18-8-2-4-10-20(18)26(33)34/h1-13H,14H2,(H,28,30)(H,31,32)(H,33,34). The van der Waals surface area contributed by atoms with E-state index in [-0.39, 0.29) is 28.7 Å². The van der Waals surface area contributed by atoms with Gasteiger partial charge in [-0.15, -0.1) is 0 Å². The minimum atomic E-state index is -1.22. The molecule has 4 aromatic rings. The molecule has 0 spiro atoms. The molecule has 0 saturated heterocycles. The van der Waals surface area contributed by atoms with Gasteiger partial charge < -0.3 is 15.5 Å². The number of carbonyl (C=O) groups excluding carboxylic acids is 2. The number of hydrogen-bond donors (Lipinski definition) is 3. The second-order valence-electron chi connectivity index (χ2n) is 7.44. The van der Waals surface area contributed by atoms with Gasteiger partial charge in [0.1, 0.15) is 0 Å². The van der Waals surface area contributed by atoms with E-state index in [1.54, 1.807) is 48.5 Å². The van der Waals surface area contributed by atoms with E-state index in [0.29, 0.717) is 22.3 Å². The Labute approximate surface area is 193 Å². The zero-order valence-electron chi connectivity index (χ0n) is 17.7. The third-order valence-corrected chi connectivity index (χ3v) is 5.23. The molecule has 0 radical (unpaired) electrons. The zero-order chi connectivity index (χ0) is 24.2. The van der Waals surface area contributed by atoms with Crippen LogP contribution in [0.4, 0.5) is 5.69 Å². The minimum absolute atomic E-state index is 0.00335. The third-order valence-electron chi connectivity index (χ3n) is 5.23. The molecule has 8 heteroatoms. The summed E-state index contributed by atoms with van der Waals surface area (Å²) in [6.07, 6.45) is -0.135. The van der Waals surface area contributed by atoms with Gasteiger partial charge in [0.25, 0.3) is 5.91 Å². The largest absolute Gasteiger partial charge is 0.478 e. The average Bonchev–Trinajstić information content (AvgIpc) is 2.84. The molecule has 0 aliphatic rings. The molecule has 1 aromatic heterocycles. The lowest BCUT2D eigenvalue weighted by molar-refractivity contribution is 0.0683. The Morgan fingerprint density at radius 2 is 1.26 bits per heavy atom. The Bertz CT molecular complexity index is 1460. The number of aromatic carboxylic acids is 2. The van der Waals surface area contributed by atoms with Gasteiger partial charge in [-0.05, 0) is 30.3 Å². The lowest BCUT2D eigenvalue weighted by Crippen LogP contribution is -2.16. The number of carboxylic acids is 2. The van der Waals surface area contributed by atoms with Crippen LogP contribution in [0.3, 0.4) is 0 Å². The molecule has 1 heterocycles. The number of ketones is 1. The highest BCUT2D eigenvalue weighted by Gasteiger charge is 2.19. The summed E-state index contributed by atoms with van der Waals surface area (Å²) in [5.74, 6) is -3.42. The summed E-state index contributed by atoms with van der Waals surface area (Å²) in [6.45, 7) is 0. The maximum atomic E-state index is 12.8. The van der Waals surface area contributed by atoms with Crippen molar-refractivity contribution in [3.63, 3.8) is 0 Å². The first-order chi connectivity index (χ1) is 16.3. The SMILES string of the molecule is O=C(O)c1ccccc1C(=O)Cc1ccc2cccc(NC(=O)c3ccccc3C(=O)O)c2n1. The molecule has 3 N–H and O–H groups in total. The highest BCUT2D eigenvalue weighted by Crippen LogP contribution is 2.24. The summed E-state index contributed by atoms with van der Waals surface area (Å²) in [5, 5.41) is 22.1. The van der Waals surface area contributed by atoms with Crippen LogP contribution in [0.1, 0.15) is 47.1 Å². The van der Waals surface area contributed by atoms with Gasteiger partial charge in [0.15, 0.2) is 5.78 Å². The first-order valence-corrected chi connectivity index (χ1v) is 10.2. The number of Topliss-reactive ketones (excluding diaryl/α,β-unsaturated/α-hetero) is 1. The molecule has 1 amide bonds. The van der Waals surface area contributed by atoms with E-state index in [0.717, 1.165) is 0 Å². The third kappa shape index (κ3) is 4.51. The lowest BCUT2D eigenvalue weighted by atomic mass is 10.00.